The molecule has 2 N–H and O–H groups in total. The van der Waals surface area contributed by atoms with Crippen molar-refractivity contribution in [1.82, 2.24) is 20.4 Å². The lowest BCUT2D eigenvalue weighted by molar-refractivity contribution is -0.119. The van der Waals surface area contributed by atoms with Crippen LogP contribution >= 0.6 is 23.2 Å². The van der Waals surface area contributed by atoms with E-state index in [1.54, 1.807) is 12.3 Å². The first kappa shape index (κ1) is 19.3. The third-order valence-corrected chi connectivity index (χ3v) is 6.50. The molecular weight excluding hydrogens is 399 g/mol. The monoisotopic (exact) mass is 420 g/mol. The molecule has 2 heterocycles. The normalized spacial score (nSPS) is 20.4. The highest BCUT2D eigenvalue weighted by atomic mass is 35.5. The first-order valence-electron chi connectivity index (χ1n) is 9.50. The Morgan fingerprint density at radius 1 is 1.29 bits per heavy atom. The number of fused-ring (bicyclic) bond motifs is 2. The van der Waals surface area contributed by atoms with Crippen LogP contribution in [0.4, 0.5) is 0 Å². The van der Waals surface area contributed by atoms with Gasteiger partial charge in [0.2, 0.25) is 5.91 Å². The number of amides is 2. The Morgan fingerprint density at radius 2 is 2.11 bits per heavy atom. The van der Waals surface area contributed by atoms with Crippen molar-refractivity contribution in [2.45, 2.75) is 45.2 Å². The van der Waals surface area contributed by atoms with E-state index in [2.05, 4.69) is 15.7 Å². The molecule has 2 atom stereocenters. The van der Waals surface area contributed by atoms with Crippen LogP contribution in [-0.2, 0) is 24.2 Å². The number of carbonyl (C=O) groups is 2. The maximum atomic E-state index is 13.0. The number of nitrogens with zero attached hydrogens (tertiary/aromatic N) is 2. The molecule has 2 aliphatic rings. The van der Waals surface area contributed by atoms with Crippen LogP contribution in [0.1, 0.15) is 53.0 Å². The molecule has 2 unspecified atom stereocenters. The molecule has 2 aromatic rings. The second-order valence-corrected chi connectivity index (χ2v) is 8.30. The maximum Gasteiger partial charge on any atom is 0.255 e. The lowest BCUT2D eigenvalue weighted by Gasteiger charge is -2.24. The Morgan fingerprint density at radius 3 is 2.89 bits per heavy atom. The highest BCUT2D eigenvalue weighted by molar-refractivity contribution is 6.42. The fourth-order valence-corrected chi connectivity index (χ4v) is 4.61. The van der Waals surface area contributed by atoms with Crippen molar-refractivity contribution in [3.63, 3.8) is 0 Å². The molecule has 0 saturated carbocycles. The maximum absolute atomic E-state index is 13.0. The second-order valence-electron chi connectivity index (χ2n) is 7.52. The van der Waals surface area contributed by atoms with Crippen molar-refractivity contribution < 1.29 is 9.59 Å². The van der Waals surface area contributed by atoms with Gasteiger partial charge >= 0.3 is 0 Å². The van der Waals surface area contributed by atoms with Gasteiger partial charge in [-0.05, 0) is 48.8 Å². The summed E-state index contributed by atoms with van der Waals surface area (Å²) < 4.78 is 1.90. The van der Waals surface area contributed by atoms with Gasteiger partial charge in [0.15, 0.2) is 0 Å². The van der Waals surface area contributed by atoms with E-state index in [0.29, 0.717) is 28.1 Å². The Hall–Kier alpha value is -2.05. The topological polar surface area (TPSA) is 76.0 Å². The fraction of sp³-hybridized carbons (Fsp3) is 0.450. The van der Waals surface area contributed by atoms with Crippen LogP contribution in [0.5, 0.6) is 0 Å². The zero-order valence-electron chi connectivity index (χ0n) is 15.6. The summed E-state index contributed by atoms with van der Waals surface area (Å²) in [6, 6.07) is 3.65. The van der Waals surface area contributed by atoms with Gasteiger partial charge in [-0.15, -0.1) is 0 Å². The van der Waals surface area contributed by atoms with E-state index in [1.807, 2.05) is 10.7 Å². The molecule has 148 valence electrons. The molecule has 1 aliphatic carbocycles. The molecule has 0 fully saturated rings. The number of aromatic nitrogens is 2. The van der Waals surface area contributed by atoms with E-state index in [4.69, 9.17) is 23.2 Å². The lowest BCUT2D eigenvalue weighted by atomic mass is 9.94. The SMILES string of the molecule is CC(=O)NCC1CCn2ncc(C(=O)NC3CCc4c3ccc(Cl)c4Cl)c2C1. The first-order valence-corrected chi connectivity index (χ1v) is 10.3. The summed E-state index contributed by atoms with van der Waals surface area (Å²) in [6.07, 6.45) is 4.91. The minimum absolute atomic E-state index is 0.0317. The number of halogens is 2. The zero-order valence-corrected chi connectivity index (χ0v) is 17.1. The summed E-state index contributed by atoms with van der Waals surface area (Å²) in [5.41, 5.74) is 3.60. The van der Waals surface area contributed by atoms with Crippen LogP contribution in [0.15, 0.2) is 18.3 Å². The summed E-state index contributed by atoms with van der Waals surface area (Å²) in [6.45, 7) is 2.90. The lowest BCUT2D eigenvalue weighted by Crippen LogP contribution is -2.33. The van der Waals surface area contributed by atoms with Gasteiger partial charge in [-0.1, -0.05) is 29.3 Å². The molecule has 2 amide bonds. The number of rotatable bonds is 4. The van der Waals surface area contributed by atoms with Crippen LogP contribution in [0.2, 0.25) is 10.0 Å². The average Bonchev–Trinajstić information content (AvgIpc) is 3.27. The van der Waals surface area contributed by atoms with Crippen molar-refractivity contribution in [2.24, 2.45) is 5.92 Å². The highest BCUT2D eigenvalue weighted by Gasteiger charge is 2.30. The summed E-state index contributed by atoms with van der Waals surface area (Å²) in [5.74, 6) is 0.161. The van der Waals surface area contributed by atoms with E-state index < -0.39 is 0 Å². The smallest absolute Gasteiger partial charge is 0.255 e. The molecule has 28 heavy (non-hydrogen) atoms. The van der Waals surface area contributed by atoms with Gasteiger partial charge < -0.3 is 10.6 Å². The van der Waals surface area contributed by atoms with Crippen molar-refractivity contribution >= 4 is 35.0 Å². The van der Waals surface area contributed by atoms with Gasteiger partial charge in [0.25, 0.3) is 5.91 Å². The summed E-state index contributed by atoms with van der Waals surface area (Å²) in [7, 11) is 0. The van der Waals surface area contributed by atoms with Gasteiger partial charge in [-0.2, -0.15) is 5.10 Å². The summed E-state index contributed by atoms with van der Waals surface area (Å²) in [5, 5.41) is 11.5. The van der Waals surface area contributed by atoms with Crippen molar-refractivity contribution in [1.29, 1.82) is 0 Å². The second kappa shape index (κ2) is 7.76. The van der Waals surface area contributed by atoms with Crippen LogP contribution in [-0.4, -0.2) is 28.1 Å². The first-order chi connectivity index (χ1) is 13.4. The van der Waals surface area contributed by atoms with Crippen LogP contribution in [0, 0.1) is 5.92 Å². The number of hydrogen-bond acceptors (Lipinski definition) is 3. The van der Waals surface area contributed by atoms with Crippen molar-refractivity contribution in [3.8, 4) is 0 Å². The fourth-order valence-electron chi connectivity index (χ4n) is 4.17. The Kier molecular flexibility index (Phi) is 5.34. The number of aryl methyl sites for hydroxylation is 1. The molecule has 1 aromatic carbocycles. The van der Waals surface area contributed by atoms with E-state index in [9.17, 15) is 9.59 Å². The van der Waals surface area contributed by atoms with Crippen molar-refractivity contribution in [2.75, 3.05) is 6.54 Å². The molecule has 0 saturated heterocycles. The molecule has 0 spiro atoms. The third kappa shape index (κ3) is 3.63. The number of carbonyl (C=O) groups excluding carboxylic acids is 2. The third-order valence-electron chi connectivity index (χ3n) is 5.66. The zero-order chi connectivity index (χ0) is 19.8. The molecule has 0 radical (unpaired) electrons. The number of nitrogens with one attached hydrogen (secondary N) is 2. The van der Waals surface area contributed by atoms with E-state index in [0.717, 1.165) is 49.0 Å². The summed E-state index contributed by atoms with van der Waals surface area (Å²) >= 11 is 12.4. The Bertz CT molecular complexity index is 941. The van der Waals surface area contributed by atoms with Crippen LogP contribution < -0.4 is 10.6 Å². The van der Waals surface area contributed by atoms with Crippen LogP contribution in [0.25, 0.3) is 0 Å². The Balaban J connectivity index is 1.49. The number of benzene rings is 1. The molecular formula is C20H22Cl2N4O2. The van der Waals surface area contributed by atoms with Crippen LogP contribution in [0.3, 0.4) is 0 Å². The minimum Gasteiger partial charge on any atom is -0.356 e. The van der Waals surface area contributed by atoms with E-state index >= 15 is 0 Å². The molecule has 4 rings (SSSR count). The van der Waals surface area contributed by atoms with E-state index in [1.165, 1.54) is 6.92 Å². The molecule has 6 nitrogen and oxygen atoms in total. The summed E-state index contributed by atoms with van der Waals surface area (Å²) in [4.78, 5) is 24.2. The molecule has 0 bridgehead atoms. The standard InChI is InChI=1S/C20H22Cl2N4O2/c1-11(27)23-9-12-6-7-26-18(8-12)15(10-24-26)20(28)25-17-5-3-14-13(17)2-4-16(21)19(14)22/h2,4,10,12,17H,3,5-9H2,1H3,(H,23,27)(H,25,28). The predicted molar refractivity (Wildman–Crippen MR) is 108 cm³/mol. The molecule has 1 aromatic heterocycles. The Labute approximate surface area is 173 Å². The number of hydrogen-bond donors (Lipinski definition) is 2. The quantitative estimate of drug-likeness (QED) is 0.796. The van der Waals surface area contributed by atoms with Gasteiger partial charge in [0.1, 0.15) is 0 Å². The van der Waals surface area contributed by atoms with Gasteiger partial charge in [-0.25, -0.2) is 0 Å². The van der Waals surface area contributed by atoms with Gasteiger partial charge in [0, 0.05) is 20.0 Å². The average molecular weight is 421 g/mol. The predicted octanol–water partition coefficient (Wildman–Crippen LogP) is 3.31. The van der Waals surface area contributed by atoms with Gasteiger partial charge in [0.05, 0.1) is 33.5 Å². The van der Waals surface area contributed by atoms with Crippen molar-refractivity contribution in [3.05, 3.63) is 50.8 Å². The highest BCUT2D eigenvalue weighted by Crippen LogP contribution is 2.39. The van der Waals surface area contributed by atoms with Gasteiger partial charge in [-0.3, -0.25) is 14.3 Å². The largest absolute Gasteiger partial charge is 0.356 e. The molecule has 1 aliphatic heterocycles. The molecule has 8 heteroatoms. The van der Waals surface area contributed by atoms with E-state index in [-0.39, 0.29) is 17.9 Å². The minimum atomic E-state index is -0.120.